The number of hydrogen-bond acceptors (Lipinski definition) is 2. The normalized spacial score (nSPS) is 13.3. The first-order valence-corrected chi connectivity index (χ1v) is 15.6. The van der Waals surface area contributed by atoms with Gasteiger partial charge in [0.05, 0.1) is 5.69 Å². The van der Waals surface area contributed by atoms with Gasteiger partial charge in [-0.25, -0.2) is 0 Å². The lowest BCUT2D eigenvalue weighted by Gasteiger charge is -2.29. The van der Waals surface area contributed by atoms with Crippen molar-refractivity contribution in [1.82, 2.24) is 0 Å². The molecule has 1 aliphatic rings. The Kier molecular flexibility index (Phi) is 5.58. The standard InChI is InChI=1S/C43H31NO/c1-43(2)36-18-8-6-16-33(36)42-37(43)19-11-20-38(42)44(31-15-10-14-30(26-31)28-12-4-3-5-13-28)32-24-22-29-23-25-40-41(35(29)27-32)34-17-7-9-21-39(34)45-40/h3-27H,1-2H3. The summed E-state index contributed by atoms with van der Waals surface area (Å²) in [7, 11) is 0. The Balaban J connectivity index is 1.34. The van der Waals surface area contributed by atoms with Gasteiger partial charge in [0, 0.05) is 33.1 Å². The summed E-state index contributed by atoms with van der Waals surface area (Å²) < 4.78 is 6.30. The molecular formula is C43H31NO. The Labute approximate surface area is 262 Å². The number of para-hydroxylation sites is 1. The van der Waals surface area contributed by atoms with Gasteiger partial charge in [0.1, 0.15) is 11.2 Å². The number of rotatable bonds is 4. The minimum Gasteiger partial charge on any atom is -0.456 e. The van der Waals surface area contributed by atoms with Crippen molar-refractivity contribution >= 4 is 49.8 Å². The molecule has 1 heterocycles. The Hall–Kier alpha value is -5.60. The molecule has 0 fully saturated rings. The van der Waals surface area contributed by atoms with Crippen LogP contribution in [0.25, 0.3) is 55.0 Å². The summed E-state index contributed by atoms with van der Waals surface area (Å²) in [5, 5.41) is 4.69. The van der Waals surface area contributed by atoms with Crippen molar-refractivity contribution < 1.29 is 4.42 Å². The minimum atomic E-state index is -0.0925. The molecule has 214 valence electrons. The van der Waals surface area contributed by atoms with E-state index in [9.17, 15) is 0 Å². The zero-order valence-corrected chi connectivity index (χ0v) is 25.3. The summed E-state index contributed by atoms with van der Waals surface area (Å²) in [5.41, 5.74) is 12.9. The van der Waals surface area contributed by atoms with Crippen LogP contribution < -0.4 is 4.90 Å². The van der Waals surface area contributed by atoms with E-state index in [1.165, 1.54) is 49.8 Å². The molecule has 0 N–H and O–H groups in total. The maximum Gasteiger partial charge on any atom is 0.136 e. The molecule has 0 saturated heterocycles. The van der Waals surface area contributed by atoms with Crippen LogP contribution in [0.2, 0.25) is 0 Å². The molecule has 7 aromatic carbocycles. The van der Waals surface area contributed by atoms with Crippen molar-refractivity contribution in [3.63, 3.8) is 0 Å². The third kappa shape index (κ3) is 3.89. The van der Waals surface area contributed by atoms with Crippen LogP contribution in [-0.4, -0.2) is 0 Å². The van der Waals surface area contributed by atoms with Crippen molar-refractivity contribution in [2.75, 3.05) is 4.90 Å². The maximum absolute atomic E-state index is 6.30. The number of nitrogens with zero attached hydrogens (tertiary/aromatic N) is 1. The molecule has 0 amide bonds. The van der Waals surface area contributed by atoms with Crippen LogP contribution >= 0.6 is 0 Å². The van der Waals surface area contributed by atoms with E-state index >= 15 is 0 Å². The average molecular weight is 578 g/mol. The first-order valence-electron chi connectivity index (χ1n) is 15.6. The third-order valence-electron chi connectivity index (χ3n) is 9.64. The largest absolute Gasteiger partial charge is 0.456 e. The van der Waals surface area contributed by atoms with E-state index in [0.717, 1.165) is 33.3 Å². The monoisotopic (exact) mass is 577 g/mol. The van der Waals surface area contributed by atoms with Crippen molar-refractivity contribution in [1.29, 1.82) is 0 Å². The summed E-state index contributed by atoms with van der Waals surface area (Å²) in [6.45, 7) is 4.69. The number of benzene rings is 7. The Morgan fingerprint density at radius 1 is 0.511 bits per heavy atom. The van der Waals surface area contributed by atoms with Gasteiger partial charge < -0.3 is 9.32 Å². The van der Waals surface area contributed by atoms with Gasteiger partial charge in [0.2, 0.25) is 0 Å². The highest BCUT2D eigenvalue weighted by atomic mass is 16.3. The van der Waals surface area contributed by atoms with Crippen molar-refractivity contribution in [2.24, 2.45) is 0 Å². The van der Waals surface area contributed by atoms with Crippen molar-refractivity contribution in [3.05, 3.63) is 163 Å². The van der Waals surface area contributed by atoms with E-state index in [0.29, 0.717) is 0 Å². The lowest BCUT2D eigenvalue weighted by Crippen LogP contribution is -2.16. The van der Waals surface area contributed by atoms with Crippen LogP contribution in [-0.2, 0) is 5.41 Å². The Morgan fingerprint density at radius 3 is 2.13 bits per heavy atom. The van der Waals surface area contributed by atoms with Gasteiger partial charge >= 0.3 is 0 Å². The molecule has 0 saturated carbocycles. The highest BCUT2D eigenvalue weighted by Crippen LogP contribution is 2.54. The van der Waals surface area contributed by atoms with Crippen molar-refractivity contribution in [3.8, 4) is 22.3 Å². The zero-order chi connectivity index (χ0) is 30.1. The lowest BCUT2D eigenvalue weighted by molar-refractivity contribution is 0.660. The number of furan rings is 1. The topological polar surface area (TPSA) is 16.4 Å². The second-order valence-corrected chi connectivity index (χ2v) is 12.6. The smallest absolute Gasteiger partial charge is 0.136 e. The van der Waals surface area contributed by atoms with Gasteiger partial charge in [-0.05, 0) is 81.1 Å². The Morgan fingerprint density at radius 2 is 1.22 bits per heavy atom. The van der Waals surface area contributed by atoms with Gasteiger partial charge in [-0.15, -0.1) is 0 Å². The summed E-state index contributed by atoms with van der Waals surface area (Å²) in [5.74, 6) is 0. The predicted octanol–water partition coefficient (Wildman–Crippen LogP) is 12.2. The first-order chi connectivity index (χ1) is 22.1. The second-order valence-electron chi connectivity index (χ2n) is 12.6. The molecule has 0 radical (unpaired) electrons. The predicted molar refractivity (Wildman–Crippen MR) is 189 cm³/mol. The van der Waals surface area contributed by atoms with Crippen LogP contribution in [0.4, 0.5) is 17.1 Å². The quantitative estimate of drug-likeness (QED) is 0.207. The summed E-state index contributed by atoms with van der Waals surface area (Å²) >= 11 is 0. The van der Waals surface area contributed by atoms with Crippen LogP contribution in [0.1, 0.15) is 25.0 Å². The molecule has 2 heteroatoms. The van der Waals surface area contributed by atoms with Gasteiger partial charge in [0.15, 0.2) is 0 Å². The average Bonchev–Trinajstić information content (AvgIpc) is 3.59. The summed E-state index contributed by atoms with van der Waals surface area (Å²) in [4.78, 5) is 2.45. The highest BCUT2D eigenvalue weighted by molar-refractivity contribution is 6.19. The van der Waals surface area contributed by atoms with E-state index in [1.54, 1.807) is 0 Å². The van der Waals surface area contributed by atoms with E-state index < -0.39 is 0 Å². The lowest BCUT2D eigenvalue weighted by atomic mass is 9.82. The molecule has 8 aromatic rings. The fourth-order valence-corrected chi connectivity index (χ4v) is 7.47. The summed E-state index contributed by atoms with van der Waals surface area (Å²) in [6, 6.07) is 54.7. The van der Waals surface area contributed by atoms with Crippen LogP contribution in [0.5, 0.6) is 0 Å². The van der Waals surface area contributed by atoms with Gasteiger partial charge in [-0.2, -0.15) is 0 Å². The molecule has 1 aromatic heterocycles. The molecular weight excluding hydrogens is 546 g/mol. The van der Waals surface area contributed by atoms with Crippen LogP contribution in [0.15, 0.2) is 156 Å². The fourth-order valence-electron chi connectivity index (χ4n) is 7.47. The second kappa shape index (κ2) is 9.70. The first kappa shape index (κ1) is 25.9. The molecule has 0 spiro atoms. The zero-order valence-electron chi connectivity index (χ0n) is 25.3. The van der Waals surface area contributed by atoms with Gasteiger partial charge in [-0.3, -0.25) is 0 Å². The number of anilines is 3. The van der Waals surface area contributed by atoms with E-state index in [4.69, 9.17) is 4.42 Å². The SMILES string of the molecule is CC1(C)c2ccccc2-c2c(N(c3cccc(-c4ccccc4)c3)c3ccc4ccc5oc6ccccc6c5c4c3)cccc21. The molecule has 2 nitrogen and oxygen atoms in total. The van der Waals surface area contributed by atoms with Crippen molar-refractivity contribution in [2.45, 2.75) is 19.3 Å². The molecule has 0 unspecified atom stereocenters. The Bertz CT molecular complexity index is 2410. The third-order valence-corrected chi connectivity index (χ3v) is 9.64. The molecule has 0 aliphatic heterocycles. The molecule has 0 atom stereocenters. The fraction of sp³-hybridized carbons (Fsp3) is 0.0698. The molecule has 45 heavy (non-hydrogen) atoms. The summed E-state index contributed by atoms with van der Waals surface area (Å²) in [6.07, 6.45) is 0. The highest BCUT2D eigenvalue weighted by Gasteiger charge is 2.37. The van der Waals surface area contributed by atoms with E-state index in [2.05, 4.69) is 164 Å². The van der Waals surface area contributed by atoms with Gasteiger partial charge in [0.25, 0.3) is 0 Å². The van der Waals surface area contributed by atoms with Gasteiger partial charge in [-0.1, -0.05) is 123 Å². The molecule has 0 bridgehead atoms. The number of hydrogen-bond donors (Lipinski definition) is 0. The van der Waals surface area contributed by atoms with Crippen LogP contribution in [0.3, 0.4) is 0 Å². The number of fused-ring (bicyclic) bond motifs is 8. The maximum atomic E-state index is 6.30. The van der Waals surface area contributed by atoms with E-state index in [1.807, 2.05) is 6.07 Å². The minimum absolute atomic E-state index is 0.0925. The van der Waals surface area contributed by atoms with Crippen LogP contribution in [0, 0.1) is 0 Å². The van der Waals surface area contributed by atoms with E-state index in [-0.39, 0.29) is 5.41 Å². The molecule has 9 rings (SSSR count). The molecule has 1 aliphatic carbocycles.